The summed E-state index contributed by atoms with van der Waals surface area (Å²) in [5.41, 5.74) is 1.75. The van der Waals surface area contributed by atoms with Gasteiger partial charge in [-0.25, -0.2) is 0 Å². The Bertz CT molecular complexity index is 813. The summed E-state index contributed by atoms with van der Waals surface area (Å²) < 4.78 is 7.95. The van der Waals surface area contributed by atoms with Crippen LogP contribution in [-0.4, -0.2) is 27.3 Å². The topological polar surface area (TPSA) is 64.9 Å². The van der Waals surface area contributed by atoms with Gasteiger partial charge in [0.05, 0.1) is 18.5 Å². The number of nitrogens with zero attached hydrogens (tertiary/aromatic N) is 4. The van der Waals surface area contributed by atoms with Gasteiger partial charge in [0.2, 0.25) is 0 Å². The number of anilines is 1. The molecule has 0 saturated heterocycles. The Labute approximate surface area is 141 Å². The molecule has 7 heteroatoms. The van der Waals surface area contributed by atoms with Gasteiger partial charge in [-0.05, 0) is 46.8 Å². The molecular formula is C16H14BrN5O. The van der Waals surface area contributed by atoms with Crippen molar-refractivity contribution in [2.24, 2.45) is 0 Å². The Morgan fingerprint density at radius 1 is 1.13 bits per heavy atom. The fraction of sp³-hybridized carbons (Fsp3) is 0.0625. The molecule has 0 radical (unpaired) electrons. The van der Waals surface area contributed by atoms with E-state index in [0.717, 1.165) is 21.6 Å². The number of nitrogens with one attached hydrogen (secondary N) is 1. The second kappa shape index (κ2) is 7.06. The average molecular weight is 372 g/mol. The molecule has 2 aromatic carbocycles. The van der Waals surface area contributed by atoms with Crippen LogP contribution in [0.2, 0.25) is 0 Å². The summed E-state index contributed by atoms with van der Waals surface area (Å²) >= 11 is 3.41. The van der Waals surface area contributed by atoms with Crippen LogP contribution >= 0.6 is 15.9 Å². The number of methoxy groups -OCH3 is 1. The number of rotatable bonds is 5. The van der Waals surface area contributed by atoms with Crippen molar-refractivity contribution in [3.63, 3.8) is 0 Å². The summed E-state index contributed by atoms with van der Waals surface area (Å²) in [4.78, 5) is 0. The molecule has 0 aliphatic heterocycles. The molecule has 0 bridgehead atoms. The smallest absolute Gasteiger partial charge is 0.181 e. The van der Waals surface area contributed by atoms with E-state index >= 15 is 0 Å². The van der Waals surface area contributed by atoms with Gasteiger partial charge < -0.3 is 10.1 Å². The molecule has 3 aromatic rings. The van der Waals surface area contributed by atoms with Crippen molar-refractivity contribution >= 4 is 27.7 Å². The minimum absolute atomic E-state index is 0.620. The Morgan fingerprint density at radius 2 is 1.91 bits per heavy atom. The molecule has 1 aromatic heterocycles. The molecule has 6 nitrogen and oxygen atoms in total. The molecule has 1 heterocycles. The van der Waals surface area contributed by atoms with E-state index in [-0.39, 0.29) is 0 Å². The van der Waals surface area contributed by atoms with Crippen LogP contribution < -0.4 is 10.1 Å². The monoisotopic (exact) mass is 371 g/mol. The van der Waals surface area contributed by atoms with Crippen molar-refractivity contribution in [2.75, 3.05) is 12.4 Å². The molecule has 0 aliphatic rings. The maximum Gasteiger partial charge on any atom is 0.181 e. The lowest BCUT2D eigenvalue weighted by Crippen LogP contribution is -2.00. The third-order valence-corrected chi connectivity index (χ3v) is 3.67. The first kappa shape index (κ1) is 15.2. The van der Waals surface area contributed by atoms with E-state index in [9.17, 15) is 0 Å². The lowest BCUT2D eigenvalue weighted by molar-refractivity contribution is 0.417. The van der Waals surface area contributed by atoms with Crippen LogP contribution in [0.4, 0.5) is 5.69 Å². The summed E-state index contributed by atoms with van der Waals surface area (Å²) in [5.74, 6) is 1.39. The fourth-order valence-electron chi connectivity index (χ4n) is 2.03. The highest BCUT2D eigenvalue weighted by Gasteiger charge is 2.05. The molecule has 0 aliphatic carbocycles. The Morgan fingerprint density at radius 3 is 2.70 bits per heavy atom. The number of tetrazole rings is 1. The van der Waals surface area contributed by atoms with Gasteiger partial charge >= 0.3 is 0 Å². The quantitative estimate of drug-likeness (QED) is 0.743. The van der Waals surface area contributed by atoms with E-state index in [1.54, 1.807) is 24.1 Å². The van der Waals surface area contributed by atoms with Crippen LogP contribution in [0, 0.1) is 0 Å². The first-order valence-corrected chi connectivity index (χ1v) is 7.67. The highest BCUT2D eigenvalue weighted by molar-refractivity contribution is 9.10. The molecule has 0 unspecified atom stereocenters. The molecule has 3 rings (SSSR count). The van der Waals surface area contributed by atoms with Gasteiger partial charge in [0.15, 0.2) is 5.82 Å². The van der Waals surface area contributed by atoms with E-state index in [0.29, 0.717) is 5.82 Å². The Balaban J connectivity index is 1.79. The van der Waals surface area contributed by atoms with E-state index in [1.807, 2.05) is 48.5 Å². The minimum atomic E-state index is 0.620. The molecule has 0 saturated carbocycles. The lowest BCUT2D eigenvalue weighted by atomic mass is 10.3. The molecule has 0 amide bonds. The molecule has 116 valence electrons. The second-order valence-corrected chi connectivity index (χ2v) is 5.52. The normalized spacial score (nSPS) is 10.9. The average Bonchev–Trinajstić information content (AvgIpc) is 3.04. The van der Waals surface area contributed by atoms with Gasteiger partial charge in [0.25, 0.3) is 0 Å². The molecule has 0 fully saturated rings. The first-order chi connectivity index (χ1) is 11.3. The van der Waals surface area contributed by atoms with Gasteiger partial charge in [-0.3, -0.25) is 0 Å². The maximum atomic E-state index is 5.29. The Hall–Kier alpha value is -2.67. The number of benzene rings is 2. The summed E-state index contributed by atoms with van der Waals surface area (Å²) in [5, 5.41) is 14.9. The molecule has 0 atom stereocenters. The zero-order chi connectivity index (χ0) is 16.1. The highest BCUT2D eigenvalue weighted by Crippen LogP contribution is 2.23. The van der Waals surface area contributed by atoms with Crippen LogP contribution in [0.5, 0.6) is 5.75 Å². The van der Waals surface area contributed by atoms with Crippen molar-refractivity contribution in [1.29, 1.82) is 0 Å². The molecule has 1 N–H and O–H groups in total. The van der Waals surface area contributed by atoms with Gasteiger partial charge in [-0.2, -0.15) is 4.68 Å². The van der Waals surface area contributed by atoms with E-state index < -0.39 is 0 Å². The summed E-state index contributed by atoms with van der Waals surface area (Å²) in [7, 11) is 1.64. The first-order valence-electron chi connectivity index (χ1n) is 6.88. The number of halogens is 1. The van der Waals surface area contributed by atoms with Crippen LogP contribution in [0.25, 0.3) is 11.8 Å². The minimum Gasteiger partial charge on any atom is -0.495 e. The summed E-state index contributed by atoms with van der Waals surface area (Å²) in [6, 6.07) is 15.4. The molecule has 0 spiro atoms. The highest BCUT2D eigenvalue weighted by atomic mass is 79.9. The number of aromatic nitrogens is 4. The van der Waals surface area contributed by atoms with Crippen LogP contribution in [0.1, 0.15) is 5.82 Å². The predicted octanol–water partition coefficient (Wildman–Crippen LogP) is 3.52. The lowest BCUT2D eigenvalue weighted by Gasteiger charge is -2.07. The number of hydrogen-bond acceptors (Lipinski definition) is 5. The Kier molecular flexibility index (Phi) is 4.68. The van der Waals surface area contributed by atoms with Crippen molar-refractivity contribution in [1.82, 2.24) is 20.2 Å². The number of ether oxygens (including phenoxy) is 1. The SMILES string of the molecule is COc1ccccc1N/C=C\c1nnnn1-c1ccc(Br)cc1. The third-order valence-electron chi connectivity index (χ3n) is 3.14. The zero-order valence-corrected chi connectivity index (χ0v) is 13.9. The van der Waals surface area contributed by atoms with Gasteiger partial charge in [-0.1, -0.05) is 28.1 Å². The van der Waals surface area contributed by atoms with Crippen molar-refractivity contribution in [3.8, 4) is 11.4 Å². The number of hydrogen-bond donors (Lipinski definition) is 1. The largest absolute Gasteiger partial charge is 0.495 e. The second-order valence-electron chi connectivity index (χ2n) is 4.60. The summed E-state index contributed by atoms with van der Waals surface area (Å²) in [6.07, 6.45) is 3.58. The van der Waals surface area contributed by atoms with E-state index in [2.05, 4.69) is 36.8 Å². The number of para-hydroxylation sites is 2. The van der Waals surface area contributed by atoms with Gasteiger partial charge in [-0.15, -0.1) is 5.10 Å². The van der Waals surface area contributed by atoms with Crippen molar-refractivity contribution in [2.45, 2.75) is 0 Å². The van der Waals surface area contributed by atoms with Crippen LogP contribution in [-0.2, 0) is 0 Å². The fourth-order valence-corrected chi connectivity index (χ4v) is 2.30. The molecule has 23 heavy (non-hydrogen) atoms. The van der Waals surface area contributed by atoms with E-state index in [1.165, 1.54) is 0 Å². The van der Waals surface area contributed by atoms with Crippen molar-refractivity contribution < 1.29 is 4.74 Å². The van der Waals surface area contributed by atoms with E-state index in [4.69, 9.17) is 4.74 Å². The summed E-state index contributed by atoms with van der Waals surface area (Å²) in [6.45, 7) is 0. The van der Waals surface area contributed by atoms with Crippen molar-refractivity contribution in [3.05, 3.63) is 65.0 Å². The third kappa shape index (κ3) is 3.57. The van der Waals surface area contributed by atoms with Crippen LogP contribution in [0.3, 0.4) is 0 Å². The van der Waals surface area contributed by atoms with Gasteiger partial charge in [0.1, 0.15) is 5.75 Å². The van der Waals surface area contributed by atoms with Gasteiger partial charge in [0, 0.05) is 16.7 Å². The maximum absolute atomic E-state index is 5.29. The standard InChI is InChI=1S/C16H14BrN5O/c1-23-15-5-3-2-4-14(15)18-11-10-16-19-20-21-22(16)13-8-6-12(17)7-9-13/h2-11,18H,1H3/b11-10-. The zero-order valence-electron chi connectivity index (χ0n) is 12.3. The van der Waals surface area contributed by atoms with Crippen LogP contribution in [0.15, 0.2) is 59.2 Å². The predicted molar refractivity (Wildman–Crippen MR) is 92.5 cm³/mol. The molecular weight excluding hydrogens is 358 g/mol.